The fourth-order valence-electron chi connectivity index (χ4n) is 3.35. The molecule has 1 atom stereocenters. The van der Waals surface area contributed by atoms with Crippen LogP contribution in [-0.4, -0.2) is 42.5 Å². The van der Waals surface area contributed by atoms with Crippen LogP contribution in [0.25, 0.3) is 0 Å². The number of rotatable bonds is 8. The zero-order valence-electron chi connectivity index (χ0n) is 17.3. The monoisotopic (exact) mass is 430 g/mol. The van der Waals surface area contributed by atoms with Crippen LogP contribution in [0.3, 0.4) is 0 Å². The standard InChI is InChI=1S/C23H27ClN2O4/c1-3-25-23(28)16(2)26(15-18-6-4-5-7-19(18)24)22(27)11-9-17-8-10-20-21(14-17)30-13-12-29-20/h4-8,10,14,16H,3,9,11-13,15H2,1-2H3,(H,25,28)/t16-/m1/s1. The number of ether oxygens (including phenoxy) is 2. The molecule has 0 spiro atoms. The molecule has 2 aromatic rings. The number of nitrogens with zero attached hydrogens (tertiary/aromatic N) is 1. The van der Waals surface area contributed by atoms with Gasteiger partial charge in [0.25, 0.3) is 0 Å². The molecule has 0 radical (unpaired) electrons. The number of halogens is 1. The zero-order chi connectivity index (χ0) is 21.5. The quantitative estimate of drug-likeness (QED) is 0.694. The largest absolute Gasteiger partial charge is 0.486 e. The predicted molar refractivity (Wildman–Crippen MR) is 116 cm³/mol. The molecule has 1 aliphatic rings. The average Bonchev–Trinajstić information content (AvgIpc) is 2.76. The second-order valence-corrected chi connectivity index (χ2v) is 7.57. The molecule has 0 saturated heterocycles. The minimum Gasteiger partial charge on any atom is -0.486 e. The summed E-state index contributed by atoms with van der Waals surface area (Å²) in [6.07, 6.45) is 0.810. The maximum atomic E-state index is 13.1. The highest BCUT2D eigenvalue weighted by molar-refractivity contribution is 6.31. The third-order valence-electron chi connectivity index (χ3n) is 5.05. The molecule has 6 nitrogen and oxygen atoms in total. The Balaban J connectivity index is 1.72. The second kappa shape index (κ2) is 10.3. The average molecular weight is 431 g/mol. The van der Waals surface area contributed by atoms with Gasteiger partial charge in [-0.3, -0.25) is 9.59 Å². The van der Waals surface area contributed by atoms with Crippen LogP contribution in [0.15, 0.2) is 42.5 Å². The number of carbonyl (C=O) groups is 2. The summed E-state index contributed by atoms with van der Waals surface area (Å²) in [6, 6.07) is 12.5. The SMILES string of the molecule is CCNC(=O)[C@@H](C)N(Cc1ccccc1Cl)C(=O)CCc1ccc2c(c1)OCCO2. The highest BCUT2D eigenvalue weighted by Gasteiger charge is 2.26. The number of nitrogens with one attached hydrogen (secondary N) is 1. The number of hydrogen-bond donors (Lipinski definition) is 1. The van der Waals surface area contributed by atoms with Gasteiger partial charge in [-0.2, -0.15) is 0 Å². The number of fused-ring (bicyclic) bond motifs is 1. The Morgan fingerprint density at radius 1 is 1.13 bits per heavy atom. The van der Waals surface area contributed by atoms with Crippen molar-refractivity contribution in [3.05, 3.63) is 58.6 Å². The van der Waals surface area contributed by atoms with E-state index in [1.807, 2.05) is 43.3 Å². The fraction of sp³-hybridized carbons (Fsp3) is 0.391. The Labute approximate surface area is 182 Å². The van der Waals surface area contributed by atoms with Crippen molar-refractivity contribution < 1.29 is 19.1 Å². The smallest absolute Gasteiger partial charge is 0.242 e. The lowest BCUT2D eigenvalue weighted by Gasteiger charge is -2.29. The van der Waals surface area contributed by atoms with Crippen molar-refractivity contribution in [3.63, 3.8) is 0 Å². The highest BCUT2D eigenvalue weighted by atomic mass is 35.5. The number of aryl methyl sites for hydroxylation is 1. The third kappa shape index (κ3) is 5.45. The van der Waals surface area contributed by atoms with Crippen LogP contribution in [-0.2, 0) is 22.6 Å². The first-order chi connectivity index (χ1) is 14.5. The van der Waals surface area contributed by atoms with Crippen molar-refractivity contribution in [2.45, 2.75) is 39.3 Å². The first-order valence-electron chi connectivity index (χ1n) is 10.2. The van der Waals surface area contributed by atoms with E-state index in [2.05, 4.69) is 5.32 Å². The maximum absolute atomic E-state index is 13.1. The minimum absolute atomic E-state index is 0.108. The molecule has 1 N–H and O–H groups in total. The lowest BCUT2D eigenvalue weighted by atomic mass is 10.1. The molecule has 160 valence electrons. The molecular formula is C23H27ClN2O4. The van der Waals surface area contributed by atoms with Gasteiger partial charge in [-0.05, 0) is 49.6 Å². The predicted octanol–water partition coefficient (Wildman–Crippen LogP) is 3.60. The van der Waals surface area contributed by atoms with Crippen molar-refractivity contribution in [1.82, 2.24) is 10.2 Å². The third-order valence-corrected chi connectivity index (χ3v) is 5.42. The van der Waals surface area contributed by atoms with Crippen molar-refractivity contribution >= 4 is 23.4 Å². The van der Waals surface area contributed by atoms with E-state index in [1.165, 1.54) is 0 Å². The Hall–Kier alpha value is -2.73. The molecule has 1 aliphatic heterocycles. The van der Waals surface area contributed by atoms with E-state index in [-0.39, 0.29) is 24.8 Å². The summed E-state index contributed by atoms with van der Waals surface area (Å²) in [5, 5.41) is 3.37. The van der Waals surface area contributed by atoms with Gasteiger partial charge in [-0.25, -0.2) is 0 Å². The maximum Gasteiger partial charge on any atom is 0.242 e. The van der Waals surface area contributed by atoms with E-state index in [4.69, 9.17) is 21.1 Å². The van der Waals surface area contributed by atoms with Crippen LogP contribution in [0, 0.1) is 0 Å². The lowest BCUT2D eigenvalue weighted by molar-refractivity contribution is -0.140. The molecule has 1 heterocycles. The van der Waals surface area contributed by atoms with Crippen LogP contribution in [0.5, 0.6) is 11.5 Å². The fourth-order valence-corrected chi connectivity index (χ4v) is 3.55. The lowest BCUT2D eigenvalue weighted by Crippen LogP contribution is -2.47. The Morgan fingerprint density at radius 2 is 1.87 bits per heavy atom. The number of amides is 2. The van der Waals surface area contributed by atoms with Gasteiger partial charge in [0.2, 0.25) is 11.8 Å². The summed E-state index contributed by atoms with van der Waals surface area (Å²) < 4.78 is 11.2. The summed E-state index contributed by atoms with van der Waals surface area (Å²) >= 11 is 6.29. The van der Waals surface area contributed by atoms with E-state index in [9.17, 15) is 9.59 Å². The summed E-state index contributed by atoms with van der Waals surface area (Å²) in [6.45, 7) is 5.44. The first-order valence-corrected chi connectivity index (χ1v) is 10.6. The summed E-state index contributed by atoms with van der Waals surface area (Å²) in [4.78, 5) is 27.1. The van der Waals surface area contributed by atoms with E-state index in [1.54, 1.807) is 17.9 Å². The van der Waals surface area contributed by atoms with E-state index in [0.717, 1.165) is 16.9 Å². The van der Waals surface area contributed by atoms with Gasteiger partial charge in [0.1, 0.15) is 19.3 Å². The number of carbonyl (C=O) groups excluding carboxylic acids is 2. The van der Waals surface area contributed by atoms with E-state index < -0.39 is 6.04 Å². The van der Waals surface area contributed by atoms with Crippen LogP contribution in [0.1, 0.15) is 31.4 Å². The molecule has 2 aromatic carbocycles. The molecule has 0 bridgehead atoms. The Kier molecular flexibility index (Phi) is 7.57. The van der Waals surface area contributed by atoms with Crippen molar-refractivity contribution in [2.75, 3.05) is 19.8 Å². The molecular weight excluding hydrogens is 404 g/mol. The number of likely N-dealkylation sites (N-methyl/N-ethyl adjacent to an activating group) is 1. The van der Waals surface area contributed by atoms with Crippen LogP contribution < -0.4 is 14.8 Å². The topological polar surface area (TPSA) is 67.9 Å². The van der Waals surface area contributed by atoms with Gasteiger partial charge in [0.05, 0.1) is 0 Å². The summed E-state index contributed by atoms with van der Waals surface area (Å²) in [5.41, 5.74) is 1.79. The molecule has 0 fully saturated rings. The van der Waals surface area contributed by atoms with Crippen LogP contribution >= 0.6 is 11.6 Å². The van der Waals surface area contributed by atoms with Crippen molar-refractivity contribution in [1.29, 1.82) is 0 Å². The summed E-state index contributed by atoms with van der Waals surface area (Å²) in [7, 11) is 0. The molecule has 0 saturated carbocycles. The first kappa shape index (κ1) is 22.0. The summed E-state index contributed by atoms with van der Waals surface area (Å²) in [5.74, 6) is 1.14. The Bertz CT molecular complexity index is 903. The van der Waals surface area contributed by atoms with Gasteiger partial charge in [-0.1, -0.05) is 35.9 Å². The minimum atomic E-state index is -0.603. The molecule has 2 amide bonds. The van der Waals surface area contributed by atoms with E-state index in [0.29, 0.717) is 37.0 Å². The molecule has 3 rings (SSSR count). The molecule has 0 aliphatic carbocycles. The zero-order valence-corrected chi connectivity index (χ0v) is 18.1. The van der Waals surface area contributed by atoms with Gasteiger partial charge in [0, 0.05) is 24.5 Å². The van der Waals surface area contributed by atoms with Crippen molar-refractivity contribution in [2.24, 2.45) is 0 Å². The van der Waals surface area contributed by atoms with Gasteiger partial charge in [-0.15, -0.1) is 0 Å². The molecule has 0 unspecified atom stereocenters. The number of hydrogen-bond acceptors (Lipinski definition) is 4. The number of benzene rings is 2. The molecule has 30 heavy (non-hydrogen) atoms. The van der Waals surface area contributed by atoms with Crippen LogP contribution in [0.2, 0.25) is 5.02 Å². The second-order valence-electron chi connectivity index (χ2n) is 7.16. The molecule has 0 aromatic heterocycles. The normalized spacial score (nSPS) is 13.4. The highest BCUT2D eigenvalue weighted by Crippen LogP contribution is 2.31. The molecule has 7 heteroatoms. The van der Waals surface area contributed by atoms with E-state index >= 15 is 0 Å². The van der Waals surface area contributed by atoms with Gasteiger partial charge < -0.3 is 19.7 Å². The van der Waals surface area contributed by atoms with Gasteiger partial charge >= 0.3 is 0 Å². The van der Waals surface area contributed by atoms with Crippen molar-refractivity contribution in [3.8, 4) is 11.5 Å². The van der Waals surface area contributed by atoms with Gasteiger partial charge in [0.15, 0.2) is 11.5 Å². The Morgan fingerprint density at radius 3 is 2.60 bits per heavy atom. The van der Waals surface area contributed by atoms with Crippen LogP contribution in [0.4, 0.5) is 0 Å².